The number of aliphatic hydroxyl groups is 1. The highest BCUT2D eigenvalue weighted by molar-refractivity contribution is 6.01. The van der Waals surface area contributed by atoms with Crippen LogP contribution in [0.5, 0.6) is 11.5 Å². The zero-order valence-electron chi connectivity index (χ0n) is 25.3. The number of likely N-dealkylation sites (tertiary alicyclic amines) is 1. The fourth-order valence-electron chi connectivity index (χ4n) is 6.94. The lowest BCUT2D eigenvalue weighted by Crippen LogP contribution is -2.46. The van der Waals surface area contributed by atoms with Crippen molar-refractivity contribution in [3.05, 3.63) is 77.6 Å². The Morgan fingerprint density at radius 1 is 1.13 bits per heavy atom. The Kier molecular flexibility index (Phi) is 8.99. The number of carbonyl (C=O) groups is 3. The van der Waals surface area contributed by atoms with Crippen molar-refractivity contribution in [2.24, 2.45) is 5.92 Å². The molecule has 3 aromatic rings. The summed E-state index contributed by atoms with van der Waals surface area (Å²) in [4.78, 5) is 49.7. The Labute approximate surface area is 262 Å². The number of amides is 2. The zero-order chi connectivity index (χ0) is 31.5. The van der Waals surface area contributed by atoms with Crippen LogP contribution in [0.4, 0.5) is 11.4 Å². The molecule has 236 valence electrons. The highest BCUT2D eigenvalue weighted by Gasteiger charge is 2.48. The lowest BCUT2D eigenvalue weighted by atomic mass is 9.83. The van der Waals surface area contributed by atoms with Crippen molar-refractivity contribution < 1.29 is 34.1 Å². The second kappa shape index (κ2) is 13.3. The van der Waals surface area contributed by atoms with Gasteiger partial charge in [-0.25, -0.2) is 0 Å². The molecule has 0 spiro atoms. The number of para-hydroxylation sites is 1. The van der Waals surface area contributed by atoms with Gasteiger partial charge in [0, 0.05) is 49.0 Å². The van der Waals surface area contributed by atoms with Gasteiger partial charge in [-0.1, -0.05) is 31.5 Å². The van der Waals surface area contributed by atoms with Crippen molar-refractivity contribution in [1.82, 2.24) is 9.88 Å². The van der Waals surface area contributed by atoms with Crippen LogP contribution in [0.25, 0.3) is 0 Å². The molecule has 1 aromatic heterocycles. The number of aliphatic carboxylic acids is 1. The highest BCUT2D eigenvalue weighted by atomic mass is 16.7. The largest absolute Gasteiger partial charge is 0.481 e. The van der Waals surface area contributed by atoms with E-state index >= 15 is 0 Å². The van der Waals surface area contributed by atoms with E-state index in [2.05, 4.69) is 11.9 Å². The molecule has 0 saturated carbocycles. The highest BCUT2D eigenvalue weighted by Crippen LogP contribution is 2.45. The van der Waals surface area contributed by atoms with Gasteiger partial charge in [-0.15, -0.1) is 0 Å². The van der Waals surface area contributed by atoms with Crippen molar-refractivity contribution in [2.75, 3.05) is 42.8 Å². The molecule has 1 saturated heterocycles. The summed E-state index contributed by atoms with van der Waals surface area (Å²) in [5.74, 6) is -1.59. The van der Waals surface area contributed by atoms with Crippen molar-refractivity contribution in [2.45, 2.75) is 51.2 Å². The molecule has 0 unspecified atom stereocenters. The first-order valence-electron chi connectivity index (χ1n) is 15.5. The zero-order valence-corrected chi connectivity index (χ0v) is 25.3. The maximum atomic E-state index is 14.0. The molecule has 4 heterocycles. The second-order valence-corrected chi connectivity index (χ2v) is 11.8. The summed E-state index contributed by atoms with van der Waals surface area (Å²) in [5.41, 5.74) is 3.72. The second-order valence-electron chi connectivity index (χ2n) is 11.8. The van der Waals surface area contributed by atoms with Gasteiger partial charge in [0.25, 0.3) is 0 Å². The predicted octanol–water partition coefficient (Wildman–Crippen LogP) is 3.58. The fraction of sp³-hybridized carbons (Fsp3) is 0.412. The summed E-state index contributed by atoms with van der Waals surface area (Å²) in [6.45, 7) is 2.95. The van der Waals surface area contributed by atoms with Crippen molar-refractivity contribution >= 4 is 29.2 Å². The average molecular weight is 615 g/mol. The number of carbonyl (C=O) groups excluding carboxylic acids is 2. The number of pyridine rings is 1. The summed E-state index contributed by atoms with van der Waals surface area (Å²) < 4.78 is 11.2. The molecule has 0 radical (unpaired) electrons. The minimum Gasteiger partial charge on any atom is -0.481 e. The summed E-state index contributed by atoms with van der Waals surface area (Å²) in [7, 11) is 0. The van der Waals surface area contributed by atoms with Crippen LogP contribution in [0.3, 0.4) is 0 Å². The van der Waals surface area contributed by atoms with E-state index in [1.807, 2.05) is 35.2 Å². The number of rotatable bonds is 12. The smallest absolute Gasteiger partial charge is 0.308 e. The lowest BCUT2D eigenvalue weighted by molar-refractivity contribution is -0.143. The topological polar surface area (TPSA) is 133 Å². The van der Waals surface area contributed by atoms with Gasteiger partial charge < -0.3 is 29.5 Å². The monoisotopic (exact) mass is 614 g/mol. The number of carboxylic acid groups (broad SMARTS) is 1. The summed E-state index contributed by atoms with van der Waals surface area (Å²) >= 11 is 0. The average Bonchev–Trinajstić information content (AvgIpc) is 3.75. The quantitative estimate of drug-likeness (QED) is 0.314. The van der Waals surface area contributed by atoms with E-state index in [9.17, 15) is 24.6 Å². The summed E-state index contributed by atoms with van der Waals surface area (Å²) in [6.07, 6.45) is 5.71. The molecule has 0 aliphatic carbocycles. The molecule has 0 bridgehead atoms. The SMILES string of the molecule is CCCCN(C(=O)CN1C[C@H](c2cc(CO)c3c(c2)OCO3)[C@@H](C(=O)O)[C@@H]1CCN1C(=O)Cc2ccccc21)c1cccnc1. The Bertz CT molecular complexity index is 1570. The minimum atomic E-state index is -0.980. The number of anilines is 2. The first-order valence-corrected chi connectivity index (χ1v) is 15.5. The number of aliphatic hydroxyl groups excluding tert-OH is 1. The van der Waals surface area contributed by atoms with Crippen LogP contribution in [0, 0.1) is 5.92 Å². The van der Waals surface area contributed by atoms with Crippen LogP contribution in [-0.4, -0.2) is 76.9 Å². The fourth-order valence-corrected chi connectivity index (χ4v) is 6.94. The standard InChI is InChI=1S/C34H38N4O7/c1-2-3-12-37(25-8-6-11-35-17-25)31(41)19-36-18-26(23-14-24(20-39)33-29(15-23)44-21-45-33)32(34(42)43)28(36)10-13-38-27-9-5-4-7-22(27)16-30(38)40/h4-9,11,14-15,17,26,28,32,39H,2-3,10,12-13,16,18-21H2,1H3,(H,42,43)/t26-,28+,32-/m1/s1. The number of hydrogen-bond donors (Lipinski definition) is 2. The number of fused-ring (bicyclic) bond motifs is 2. The maximum Gasteiger partial charge on any atom is 0.308 e. The molecule has 6 rings (SSSR count). The number of unbranched alkanes of at least 4 members (excludes halogenated alkanes) is 1. The summed E-state index contributed by atoms with van der Waals surface area (Å²) in [6, 6.07) is 14.3. The Morgan fingerprint density at radius 3 is 2.73 bits per heavy atom. The van der Waals surface area contributed by atoms with E-state index in [0.29, 0.717) is 60.8 Å². The number of carboxylic acids is 1. The van der Waals surface area contributed by atoms with Gasteiger partial charge >= 0.3 is 5.97 Å². The van der Waals surface area contributed by atoms with Gasteiger partial charge in [0.1, 0.15) is 0 Å². The first-order chi connectivity index (χ1) is 21.9. The number of benzene rings is 2. The third-order valence-electron chi connectivity index (χ3n) is 9.11. The van der Waals surface area contributed by atoms with E-state index in [-0.39, 0.29) is 31.8 Å². The number of nitrogens with zero attached hydrogens (tertiary/aromatic N) is 4. The van der Waals surface area contributed by atoms with Gasteiger partial charge in [-0.05, 0) is 54.3 Å². The van der Waals surface area contributed by atoms with Crippen LogP contribution < -0.4 is 19.3 Å². The molecule has 3 aliphatic heterocycles. The van der Waals surface area contributed by atoms with E-state index in [4.69, 9.17) is 9.47 Å². The molecular weight excluding hydrogens is 576 g/mol. The van der Waals surface area contributed by atoms with Crippen molar-refractivity contribution in [3.63, 3.8) is 0 Å². The first kappa shape index (κ1) is 30.5. The molecule has 1 fully saturated rings. The Balaban J connectivity index is 1.33. The lowest BCUT2D eigenvalue weighted by Gasteiger charge is -2.31. The molecule has 3 atom stereocenters. The molecular formula is C34H38N4O7. The Hall–Kier alpha value is -4.48. The van der Waals surface area contributed by atoms with Gasteiger partial charge in [0.05, 0.1) is 37.4 Å². The molecule has 2 amide bonds. The van der Waals surface area contributed by atoms with E-state index in [1.54, 1.807) is 40.4 Å². The normalized spacial score (nSPS) is 20.4. The number of aromatic nitrogens is 1. The molecule has 2 aromatic carbocycles. The van der Waals surface area contributed by atoms with Crippen LogP contribution in [0.15, 0.2) is 60.9 Å². The third-order valence-corrected chi connectivity index (χ3v) is 9.11. The van der Waals surface area contributed by atoms with Crippen LogP contribution >= 0.6 is 0 Å². The summed E-state index contributed by atoms with van der Waals surface area (Å²) in [5, 5.41) is 20.7. The molecule has 3 aliphatic rings. The van der Waals surface area contributed by atoms with Gasteiger partial charge in [0.15, 0.2) is 11.5 Å². The van der Waals surface area contributed by atoms with Crippen LogP contribution in [0.1, 0.15) is 48.8 Å². The van der Waals surface area contributed by atoms with E-state index < -0.39 is 23.8 Å². The molecule has 2 N–H and O–H groups in total. The van der Waals surface area contributed by atoms with Gasteiger partial charge in [0.2, 0.25) is 18.6 Å². The predicted molar refractivity (Wildman–Crippen MR) is 166 cm³/mol. The Morgan fingerprint density at radius 2 is 1.98 bits per heavy atom. The van der Waals surface area contributed by atoms with E-state index in [0.717, 1.165) is 24.1 Å². The van der Waals surface area contributed by atoms with Crippen LogP contribution in [-0.2, 0) is 27.4 Å². The van der Waals surface area contributed by atoms with Gasteiger partial charge in [-0.3, -0.25) is 24.3 Å². The van der Waals surface area contributed by atoms with Crippen LogP contribution in [0.2, 0.25) is 0 Å². The molecule has 11 heteroatoms. The van der Waals surface area contributed by atoms with Gasteiger partial charge in [-0.2, -0.15) is 0 Å². The number of hydrogen-bond acceptors (Lipinski definition) is 8. The third kappa shape index (κ3) is 6.10. The van der Waals surface area contributed by atoms with E-state index in [1.165, 1.54) is 0 Å². The number of ether oxygens (including phenoxy) is 2. The minimum absolute atomic E-state index is 0.00545. The molecule has 45 heavy (non-hydrogen) atoms. The molecule has 11 nitrogen and oxygen atoms in total. The maximum absolute atomic E-state index is 14.0. The van der Waals surface area contributed by atoms with Crippen molar-refractivity contribution in [3.8, 4) is 11.5 Å². The van der Waals surface area contributed by atoms with Crippen molar-refractivity contribution in [1.29, 1.82) is 0 Å².